The Morgan fingerprint density at radius 1 is 1.32 bits per heavy atom. The summed E-state index contributed by atoms with van der Waals surface area (Å²) in [5.41, 5.74) is 4.18. The number of hydrogen-bond acceptors (Lipinski definition) is 5. The highest BCUT2D eigenvalue weighted by Crippen LogP contribution is 2.23. The zero-order valence-corrected chi connectivity index (χ0v) is 12.2. The Labute approximate surface area is 117 Å². The van der Waals surface area contributed by atoms with Gasteiger partial charge in [-0.1, -0.05) is 25.4 Å². The first-order valence-corrected chi connectivity index (χ1v) is 6.39. The number of hydrogen-bond donors (Lipinski definition) is 2. The summed E-state index contributed by atoms with van der Waals surface area (Å²) in [6, 6.07) is 0. The van der Waals surface area contributed by atoms with Crippen molar-refractivity contribution in [3.63, 3.8) is 0 Å². The van der Waals surface area contributed by atoms with Crippen LogP contribution in [0.2, 0.25) is 5.02 Å². The van der Waals surface area contributed by atoms with Crippen molar-refractivity contribution < 1.29 is 0 Å². The fourth-order valence-corrected chi connectivity index (χ4v) is 1.82. The lowest BCUT2D eigenvalue weighted by atomic mass is 10.2. The van der Waals surface area contributed by atoms with Crippen molar-refractivity contribution in [3.8, 4) is 5.82 Å². The predicted octanol–water partition coefficient (Wildman–Crippen LogP) is 2.34. The summed E-state index contributed by atoms with van der Waals surface area (Å²) in [5.74, 6) is 7.68. The van der Waals surface area contributed by atoms with Gasteiger partial charge in [-0.05, 0) is 13.8 Å². The van der Waals surface area contributed by atoms with Gasteiger partial charge < -0.3 is 5.43 Å². The Morgan fingerprint density at radius 2 is 2.00 bits per heavy atom. The molecule has 0 unspecified atom stereocenters. The van der Waals surface area contributed by atoms with Crippen LogP contribution >= 0.6 is 11.6 Å². The molecule has 0 aliphatic carbocycles. The first kappa shape index (κ1) is 13.8. The van der Waals surface area contributed by atoms with E-state index in [4.69, 9.17) is 17.4 Å². The maximum absolute atomic E-state index is 6.04. The highest BCUT2D eigenvalue weighted by atomic mass is 35.5. The van der Waals surface area contributed by atoms with Gasteiger partial charge >= 0.3 is 0 Å². The zero-order chi connectivity index (χ0) is 14.2. The lowest BCUT2D eigenvalue weighted by molar-refractivity contribution is 0.738. The lowest BCUT2D eigenvalue weighted by Gasteiger charge is -2.13. The van der Waals surface area contributed by atoms with Gasteiger partial charge in [0.2, 0.25) is 0 Å². The van der Waals surface area contributed by atoms with E-state index in [0.717, 1.165) is 11.3 Å². The number of aromatic nitrogens is 4. The maximum atomic E-state index is 6.04. The molecule has 19 heavy (non-hydrogen) atoms. The highest BCUT2D eigenvalue weighted by molar-refractivity contribution is 6.31. The number of nitrogens with two attached hydrogens (primary N) is 1. The number of anilines is 1. The van der Waals surface area contributed by atoms with E-state index in [2.05, 4.69) is 20.5 Å². The Kier molecular flexibility index (Phi) is 3.73. The molecule has 6 nitrogen and oxygen atoms in total. The van der Waals surface area contributed by atoms with E-state index in [1.54, 1.807) is 10.9 Å². The first-order valence-electron chi connectivity index (χ1n) is 6.01. The molecule has 2 aromatic heterocycles. The van der Waals surface area contributed by atoms with Gasteiger partial charge in [-0.2, -0.15) is 5.10 Å². The number of rotatable bonds is 3. The molecule has 0 saturated carbocycles. The van der Waals surface area contributed by atoms with Crippen molar-refractivity contribution >= 4 is 17.4 Å². The summed E-state index contributed by atoms with van der Waals surface area (Å²) in [6.45, 7) is 7.78. The van der Waals surface area contributed by atoms with Crippen LogP contribution in [-0.4, -0.2) is 19.7 Å². The largest absolute Gasteiger partial charge is 0.308 e. The molecule has 0 amide bonds. The van der Waals surface area contributed by atoms with E-state index in [1.807, 2.05) is 27.7 Å². The molecule has 0 spiro atoms. The third-order valence-corrected chi connectivity index (χ3v) is 3.22. The number of nitrogens with one attached hydrogen (secondary N) is 1. The SMILES string of the molecule is Cc1nn(-c2nc(C(C)C)nc(NN)c2C)cc1Cl. The van der Waals surface area contributed by atoms with Crippen LogP contribution in [0, 0.1) is 13.8 Å². The van der Waals surface area contributed by atoms with Crippen molar-refractivity contribution in [2.45, 2.75) is 33.6 Å². The Morgan fingerprint density at radius 3 is 2.47 bits per heavy atom. The molecule has 7 heteroatoms. The molecular weight excluding hydrogens is 264 g/mol. The summed E-state index contributed by atoms with van der Waals surface area (Å²) in [5, 5.41) is 4.95. The van der Waals surface area contributed by atoms with Crippen LogP contribution in [0.15, 0.2) is 6.20 Å². The average Bonchev–Trinajstić information content (AvgIpc) is 2.69. The number of aryl methyl sites for hydroxylation is 1. The fourth-order valence-electron chi connectivity index (χ4n) is 1.69. The molecule has 0 radical (unpaired) electrons. The molecule has 0 saturated heterocycles. The summed E-state index contributed by atoms with van der Waals surface area (Å²) in [4.78, 5) is 8.92. The van der Waals surface area contributed by atoms with Crippen molar-refractivity contribution in [3.05, 3.63) is 28.3 Å². The molecule has 0 atom stereocenters. The minimum atomic E-state index is 0.193. The molecule has 0 aromatic carbocycles. The number of nitrogen functional groups attached to an aromatic ring is 1. The van der Waals surface area contributed by atoms with E-state index in [9.17, 15) is 0 Å². The van der Waals surface area contributed by atoms with Gasteiger partial charge in [0.1, 0.15) is 11.6 Å². The van der Waals surface area contributed by atoms with Gasteiger partial charge in [-0.3, -0.25) is 0 Å². The van der Waals surface area contributed by atoms with Gasteiger partial charge in [0.05, 0.1) is 16.9 Å². The fraction of sp³-hybridized carbons (Fsp3) is 0.417. The lowest BCUT2D eigenvalue weighted by Crippen LogP contribution is -2.16. The molecule has 2 rings (SSSR count). The van der Waals surface area contributed by atoms with E-state index in [-0.39, 0.29) is 5.92 Å². The van der Waals surface area contributed by atoms with Crippen LogP contribution in [-0.2, 0) is 0 Å². The molecule has 0 fully saturated rings. The van der Waals surface area contributed by atoms with Gasteiger partial charge in [-0.25, -0.2) is 20.5 Å². The minimum absolute atomic E-state index is 0.193. The predicted molar refractivity (Wildman–Crippen MR) is 75.5 cm³/mol. The summed E-state index contributed by atoms with van der Waals surface area (Å²) in [6.07, 6.45) is 1.73. The minimum Gasteiger partial charge on any atom is -0.308 e. The van der Waals surface area contributed by atoms with Crippen molar-refractivity contribution in [1.29, 1.82) is 0 Å². The van der Waals surface area contributed by atoms with Crippen LogP contribution in [0.5, 0.6) is 0 Å². The summed E-state index contributed by atoms with van der Waals surface area (Å²) in [7, 11) is 0. The second-order valence-corrected chi connectivity index (χ2v) is 5.09. The molecule has 2 aromatic rings. The molecule has 102 valence electrons. The highest BCUT2D eigenvalue weighted by Gasteiger charge is 2.15. The Balaban J connectivity index is 2.64. The van der Waals surface area contributed by atoms with Crippen LogP contribution in [0.1, 0.15) is 36.8 Å². The number of nitrogens with zero attached hydrogens (tertiary/aromatic N) is 4. The second kappa shape index (κ2) is 5.14. The Hall–Kier alpha value is -1.66. The van der Waals surface area contributed by atoms with Crippen LogP contribution in [0.25, 0.3) is 5.82 Å². The molecular formula is C12H17ClN6. The average molecular weight is 281 g/mol. The number of halogens is 1. The van der Waals surface area contributed by atoms with Crippen LogP contribution in [0.3, 0.4) is 0 Å². The van der Waals surface area contributed by atoms with Gasteiger partial charge in [0.15, 0.2) is 5.82 Å². The van der Waals surface area contributed by atoms with Crippen LogP contribution in [0.4, 0.5) is 5.82 Å². The van der Waals surface area contributed by atoms with E-state index in [0.29, 0.717) is 22.5 Å². The third kappa shape index (κ3) is 2.54. The maximum Gasteiger partial charge on any atom is 0.162 e. The number of hydrazine groups is 1. The normalized spacial score (nSPS) is 11.1. The third-order valence-electron chi connectivity index (χ3n) is 2.85. The van der Waals surface area contributed by atoms with E-state index in [1.165, 1.54) is 0 Å². The van der Waals surface area contributed by atoms with Crippen molar-refractivity contribution in [1.82, 2.24) is 19.7 Å². The molecule has 0 bridgehead atoms. The molecule has 0 aliphatic heterocycles. The van der Waals surface area contributed by atoms with Gasteiger partial charge in [0.25, 0.3) is 0 Å². The zero-order valence-electron chi connectivity index (χ0n) is 11.4. The monoisotopic (exact) mass is 280 g/mol. The standard InChI is InChI=1S/C12H17ClN6/c1-6(2)10-15-11(17-14)7(3)12(16-10)19-5-9(13)8(4)18-19/h5-6H,14H2,1-4H3,(H,15,16,17). The molecule has 0 aliphatic rings. The Bertz CT molecular complexity index is 585. The van der Waals surface area contributed by atoms with Gasteiger partial charge in [-0.15, -0.1) is 0 Å². The van der Waals surface area contributed by atoms with Crippen LogP contribution < -0.4 is 11.3 Å². The topological polar surface area (TPSA) is 81.7 Å². The van der Waals surface area contributed by atoms with Gasteiger partial charge in [0, 0.05) is 11.5 Å². The van der Waals surface area contributed by atoms with E-state index >= 15 is 0 Å². The molecule has 2 heterocycles. The smallest absolute Gasteiger partial charge is 0.162 e. The van der Waals surface area contributed by atoms with Crippen molar-refractivity contribution in [2.75, 3.05) is 5.43 Å². The van der Waals surface area contributed by atoms with E-state index < -0.39 is 0 Å². The summed E-state index contributed by atoms with van der Waals surface area (Å²) >= 11 is 6.04. The van der Waals surface area contributed by atoms with Crippen molar-refractivity contribution in [2.24, 2.45) is 5.84 Å². The summed E-state index contributed by atoms with van der Waals surface area (Å²) < 4.78 is 1.65. The molecule has 3 N–H and O–H groups in total. The first-order chi connectivity index (χ1) is 8.93. The second-order valence-electron chi connectivity index (χ2n) is 4.69. The quantitative estimate of drug-likeness (QED) is 0.666.